The number of ketones is 1. The molecule has 0 saturated carbocycles. The Kier molecular flexibility index (Phi) is 7.80. The maximum Gasteiger partial charge on any atom is 0.259 e. The van der Waals surface area contributed by atoms with Crippen molar-refractivity contribution in [2.75, 3.05) is 10.2 Å². The maximum absolute atomic E-state index is 13.6. The molecule has 5 aromatic rings. The van der Waals surface area contributed by atoms with E-state index in [9.17, 15) is 18.8 Å². The zero-order valence-corrected chi connectivity index (χ0v) is 23.6. The zero-order chi connectivity index (χ0) is 29.2. The summed E-state index contributed by atoms with van der Waals surface area (Å²) in [5.41, 5.74) is 3.06. The van der Waals surface area contributed by atoms with Crippen molar-refractivity contribution in [1.29, 1.82) is 0 Å². The van der Waals surface area contributed by atoms with Crippen LogP contribution in [-0.2, 0) is 27.3 Å². The summed E-state index contributed by atoms with van der Waals surface area (Å²) in [4.78, 5) is 45.3. The molecule has 0 bridgehead atoms. The van der Waals surface area contributed by atoms with Gasteiger partial charge in [0.2, 0.25) is 0 Å². The molecule has 1 fully saturated rings. The minimum absolute atomic E-state index is 0.0959. The highest BCUT2D eigenvalue weighted by molar-refractivity contribution is 7.18. The normalized spacial score (nSPS) is 15.8. The largest absolute Gasteiger partial charge is 0.349 e. The summed E-state index contributed by atoms with van der Waals surface area (Å²) in [5, 5.41) is 3.98. The van der Waals surface area contributed by atoms with Crippen molar-refractivity contribution in [1.82, 2.24) is 4.98 Å². The molecule has 1 aliphatic heterocycles. The summed E-state index contributed by atoms with van der Waals surface area (Å²) >= 11 is 7.39. The summed E-state index contributed by atoms with van der Waals surface area (Å²) in [6.45, 7) is 0.115. The Labute approximate surface area is 249 Å². The molecule has 1 saturated heterocycles. The third-order valence-corrected chi connectivity index (χ3v) is 8.06. The molecular weight excluding hydrogens is 577 g/mol. The smallest absolute Gasteiger partial charge is 0.259 e. The number of Topliss-reactive ketones (excluding diaryl/α,β-unsaturated/α-hetero) is 1. The number of nitrogens with one attached hydrogen (secondary N) is 1. The number of hydrogen-bond acceptors (Lipinski definition) is 6. The second-order valence-electron chi connectivity index (χ2n) is 9.75. The second-order valence-corrected chi connectivity index (χ2v) is 11.3. The number of nitrogens with zero attached hydrogens (tertiary/aromatic N) is 2. The van der Waals surface area contributed by atoms with E-state index in [0.717, 1.165) is 15.2 Å². The molecule has 0 unspecified atom stereocenters. The third kappa shape index (κ3) is 6.23. The number of rotatable bonds is 9. The fourth-order valence-corrected chi connectivity index (χ4v) is 5.62. The molecule has 6 rings (SSSR count). The van der Waals surface area contributed by atoms with Crippen LogP contribution in [0.5, 0.6) is 0 Å². The second kappa shape index (κ2) is 11.8. The van der Waals surface area contributed by atoms with Crippen LogP contribution >= 0.6 is 22.9 Å². The minimum atomic E-state index is -0.988. The molecule has 2 heterocycles. The SMILES string of the molecule is O=C(Cc1nc2ccccc2s1)c1ccc(N(Cc2ccc(F)cc2)C(=O)[C@H]2O[C@@H]2C(=O)Nc2ccc(Cl)cc2)cc1. The number of aromatic nitrogens is 1. The summed E-state index contributed by atoms with van der Waals surface area (Å²) < 4.78 is 20.1. The highest BCUT2D eigenvalue weighted by Gasteiger charge is 2.52. The molecule has 0 radical (unpaired) electrons. The lowest BCUT2D eigenvalue weighted by Crippen LogP contribution is -2.36. The van der Waals surface area contributed by atoms with Gasteiger partial charge in [-0.25, -0.2) is 9.37 Å². The van der Waals surface area contributed by atoms with Gasteiger partial charge in [-0.05, 0) is 78.4 Å². The van der Waals surface area contributed by atoms with Gasteiger partial charge in [-0.15, -0.1) is 11.3 Å². The van der Waals surface area contributed by atoms with Gasteiger partial charge in [-0.3, -0.25) is 14.4 Å². The highest BCUT2D eigenvalue weighted by Crippen LogP contribution is 2.30. The van der Waals surface area contributed by atoms with Crippen LogP contribution in [0.25, 0.3) is 10.2 Å². The van der Waals surface area contributed by atoms with Gasteiger partial charge in [0.05, 0.1) is 23.2 Å². The molecule has 2 atom stereocenters. The number of halogens is 2. The van der Waals surface area contributed by atoms with Gasteiger partial charge in [0.15, 0.2) is 18.0 Å². The molecule has 1 aromatic heterocycles. The van der Waals surface area contributed by atoms with E-state index < -0.39 is 29.8 Å². The van der Waals surface area contributed by atoms with Crippen LogP contribution in [0.1, 0.15) is 20.9 Å². The summed E-state index contributed by atoms with van der Waals surface area (Å²) in [5.74, 6) is -1.36. The fourth-order valence-electron chi connectivity index (χ4n) is 4.53. The van der Waals surface area contributed by atoms with Crippen molar-refractivity contribution >= 4 is 62.1 Å². The van der Waals surface area contributed by atoms with Crippen LogP contribution in [0.3, 0.4) is 0 Å². The molecule has 1 aliphatic rings. The van der Waals surface area contributed by atoms with Crippen LogP contribution in [0, 0.1) is 5.82 Å². The molecule has 210 valence electrons. The number of anilines is 2. The average Bonchev–Trinajstić information content (AvgIpc) is 3.70. The van der Waals surface area contributed by atoms with E-state index in [1.165, 1.54) is 28.4 Å². The lowest BCUT2D eigenvalue weighted by Gasteiger charge is -2.23. The summed E-state index contributed by atoms with van der Waals surface area (Å²) in [6.07, 6.45) is -1.78. The van der Waals surface area contributed by atoms with E-state index in [1.54, 1.807) is 60.7 Å². The van der Waals surface area contributed by atoms with Gasteiger partial charge in [0.1, 0.15) is 10.8 Å². The van der Waals surface area contributed by atoms with Crippen LogP contribution in [0.4, 0.5) is 15.8 Å². The van der Waals surface area contributed by atoms with E-state index in [0.29, 0.717) is 27.5 Å². The lowest BCUT2D eigenvalue weighted by molar-refractivity contribution is -0.120. The standard InChI is InChI=1S/C32H23ClFN3O4S/c33-21-9-13-23(14-10-21)35-31(39)29-30(41-29)32(40)37(18-19-5-11-22(34)12-6-19)24-15-7-20(8-16-24)26(38)17-28-36-25-3-1-2-4-27(25)42-28/h1-16,29-30H,17-18H2,(H,35,39)/t29-,30-/m0/s1. The van der Waals surface area contributed by atoms with Gasteiger partial charge in [0.25, 0.3) is 11.8 Å². The van der Waals surface area contributed by atoms with E-state index >= 15 is 0 Å². The first-order chi connectivity index (χ1) is 20.3. The molecule has 0 aliphatic carbocycles. The van der Waals surface area contributed by atoms with Gasteiger partial charge in [-0.2, -0.15) is 0 Å². The van der Waals surface area contributed by atoms with Crippen molar-refractivity contribution in [2.45, 2.75) is 25.2 Å². The van der Waals surface area contributed by atoms with Crippen molar-refractivity contribution in [3.05, 3.63) is 124 Å². The van der Waals surface area contributed by atoms with Gasteiger partial charge in [-0.1, -0.05) is 35.9 Å². The van der Waals surface area contributed by atoms with Crippen molar-refractivity contribution in [3.8, 4) is 0 Å². The van der Waals surface area contributed by atoms with E-state index in [2.05, 4.69) is 10.3 Å². The van der Waals surface area contributed by atoms with Crippen molar-refractivity contribution in [2.24, 2.45) is 0 Å². The Morgan fingerprint density at radius 1 is 0.905 bits per heavy atom. The Morgan fingerprint density at radius 3 is 2.33 bits per heavy atom. The number of amides is 2. The first-order valence-corrected chi connectivity index (χ1v) is 14.3. The van der Waals surface area contributed by atoms with Crippen molar-refractivity contribution < 1.29 is 23.5 Å². The molecule has 4 aromatic carbocycles. The molecule has 42 heavy (non-hydrogen) atoms. The molecule has 1 N–H and O–H groups in total. The average molecular weight is 600 g/mol. The third-order valence-electron chi connectivity index (χ3n) is 6.78. The number of fused-ring (bicyclic) bond motifs is 1. The van der Waals surface area contributed by atoms with Crippen LogP contribution < -0.4 is 10.2 Å². The predicted molar refractivity (Wildman–Crippen MR) is 160 cm³/mol. The van der Waals surface area contributed by atoms with Gasteiger partial charge in [0, 0.05) is 22.0 Å². The topological polar surface area (TPSA) is 91.9 Å². The van der Waals surface area contributed by atoms with E-state index in [4.69, 9.17) is 16.3 Å². The van der Waals surface area contributed by atoms with E-state index in [-0.39, 0.29) is 18.7 Å². The van der Waals surface area contributed by atoms with Crippen LogP contribution in [0.2, 0.25) is 5.02 Å². The number of hydrogen-bond donors (Lipinski definition) is 1. The predicted octanol–water partition coefficient (Wildman–Crippen LogP) is 6.45. The quantitative estimate of drug-likeness (QED) is 0.155. The highest BCUT2D eigenvalue weighted by atomic mass is 35.5. The molecule has 7 nitrogen and oxygen atoms in total. The van der Waals surface area contributed by atoms with Crippen LogP contribution in [0.15, 0.2) is 97.1 Å². The number of carbonyl (C=O) groups is 3. The molecular formula is C32H23ClFN3O4S. The Balaban J connectivity index is 1.18. The van der Waals surface area contributed by atoms with Gasteiger partial charge < -0.3 is 15.0 Å². The molecule has 0 spiro atoms. The summed E-state index contributed by atoms with van der Waals surface area (Å²) in [7, 11) is 0. The van der Waals surface area contributed by atoms with Crippen molar-refractivity contribution in [3.63, 3.8) is 0 Å². The Bertz CT molecular complexity index is 1740. The molecule has 10 heteroatoms. The number of epoxide rings is 1. The molecule has 2 amide bonds. The monoisotopic (exact) mass is 599 g/mol. The van der Waals surface area contributed by atoms with Crippen LogP contribution in [-0.4, -0.2) is 34.8 Å². The Morgan fingerprint density at radius 2 is 1.62 bits per heavy atom. The number of thiazole rings is 1. The van der Waals surface area contributed by atoms with Gasteiger partial charge >= 0.3 is 0 Å². The summed E-state index contributed by atoms with van der Waals surface area (Å²) in [6, 6.07) is 26.8. The zero-order valence-electron chi connectivity index (χ0n) is 22.0. The number of carbonyl (C=O) groups excluding carboxylic acids is 3. The first kappa shape index (κ1) is 27.7. The maximum atomic E-state index is 13.6. The fraction of sp³-hybridized carbons (Fsp3) is 0.125. The number of benzene rings is 4. The first-order valence-electron chi connectivity index (χ1n) is 13.1. The Hall–Kier alpha value is -4.44. The number of para-hydroxylation sites is 1. The number of ether oxygens (including phenoxy) is 1. The lowest BCUT2D eigenvalue weighted by atomic mass is 10.1. The minimum Gasteiger partial charge on any atom is -0.349 e. The van der Waals surface area contributed by atoms with E-state index in [1.807, 2.05) is 24.3 Å².